The molecule has 0 aliphatic heterocycles. The number of anilines is 1. The summed E-state index contributed by atoms with van der Waals surface area (Å²) >= 11 is 5.41. The first-order valence-corrected chi connectivity index (χ1v) is 11.5. The molecule has 0 unspecified atom stereocenters. The lowest BCUT2D eigenvalue weighted by molar-refractivity contribution is -0.116. The van der Waals surface area contributed by atoms with Crippen LogP contribution in [0.4, 0.5) is 5.95 Å². The van der Waals surface area contributed by atoms with E-state index in [1.807, 2.05) is 71.5 Å². The molecule has 0 radical (unpaired) electrons. The van der Waals surface area contributed by atoms with Crippen molar-refractivity contribution in [2.24, 2.45) is 0 Å². The van der Waals surface area contributed by atoms with Crippen LogP contribution in [0, 0.1) is 11.7 Å². The summed E-state index contributed by atoms with van der Waals surface area (Å²) < 4.78 is 9.85. The minimum absolute atomic E-state index is 0.130. The van der Waals surface area contributed by atoms with Gasteiger partial charge in [0.1, 0.15) is 0 Å². The Morgan fingerprint density at radius 1 is 1.15 bits per heavy atom. The van der Waals surface area contributed by atoms with Crippen LogP contribution in [0.15, 0.2) is 48.5 Å². The van der Waals surface area contributed by atoms with Crippen molar-refractivity contribution in [3.05, 3.63) is 58.9 Å². The highest BCUT2D eigenvalue weighted by Gasteiger charge is 2.15. The maximum atomic E-state index is 12.9. The van der Waals surface area contributed by atoms with Crippen LogP contribution in [-0.4, -0.2) is 43.4 Å². The second kappa shape index (κ2) is 10.5. The number of rotatable bonds is 10. The summed E-state index contributed by atoms with van der Waals surface area (Å²) in [5, 5.41) is 10.2. The third-order valence-corrected chi connectivity index (χ3v) is 5.69. The van der Waals surface area contributed by atoms with Crippen molar-refractivity contribution in [2.75, 3.05) is 18.5 Å². The minimum Gasteiger partial charge on any atom is -0.382 e. The molecule has 0 saturated carbocycles. The van der Waals surface area contributed by atoms with Gasteiger partial charge < -0.3 is 9.30 Å². The van der Waals surface area contributed by atoms with Crippen molar-refractivity contribution in [1.82, 2.24) is 24.3 Å². The molecule has 2 aromatic carbocycles. The van der Waals surface area contributed by atoms with Gasteiger partial charge in [-0.3, -0.25) is 19.8 Å². The number of carbonyl (C=O) groups excluding carboxylic acids is 1. The smallest absolute Gasteiger partial charge is 0.228 e. The van der Waals surface area contributed by atoms with Crippen LogP contribution in [0.2, 0.25) is 0 Å². The molecule has 2 N–H and O–H groups in total. The Morgan fingerprint density at radius 2 is 2.00 bits per heavy atom. The van der Waals surface area contributed by atoms with Crippen molar-refractivity contribution < 1.29 is 9.53 Å². The maximum absolute atomic E-state index is 12.9. The van der Waals surface area contributed by atoms with Gasteiger partial charge in [-0.05, 0) is 50.7 Å². The number of imidazole rings is 1. The average molecular weight is 465 g/mol. The minimum atomic E-state index is -0.130. The lowest BCUT2D eigenvalue weighted by Crippen LogP contribution is -2.18. The molecule has 0 bridgehead atoms. The van der Waals surface area contributed by atoms with Crippen molar-refractivity contribution in [2.45, 2.75) is 39.8 Å². The number of carbonyl (C=O) groups is 1. The molecule has 0 spiro atoms. The van der Waals surface area contributed by atoms with Gasteiger partial charge >= 0.3 is 0 Å². The Balaban J connectivity index is 1.48. The fourth-order valence-electron chi connectivity index (χ4n) is 3.80. The van der Waals surface area contributed by atoms with Crippen LogP contribution in [0.3, 0.4) is 0 Å². The highest BCUT2D eigenvalue weighted by Crippen LogP contribution is 2.21. The summed E-state index contributed by atoms with van der Waals surface area (Å²) in [4.78, 5) is 17.5. The molecule has 1 amide bonds. The molecule has 172 valence electrons. The molecule has 2 aromatic heterocycles. The number of benzene rings is 2. The third-order valence-electron chi connectivity index (χ3n) is 5.38. The monoisotopic (exact) mass is 464 g/mol. The molecular weight excluding hydrogens is 436 g/mol. The van der Waals surface area contributed by atoms with E-state index in [2.05, 4.69) is 20.5 Å². The van der Waals surface area contributed by atoms with Gasteiger partial charge in [-0.1, -0.05) is 35.9 Å². The van der Waals surface area contributed by atoms with E-state index in [1.165, 1.54) is 0 Å². The van der Waals surface area contributed by atoms with Crippen LogP contribution in [0.5, 0.6) is 0 Å². The number of ether oxygens (including phenoxy) is 1. The van der Waals surface area contributed by atoms with Crippen LogP contribution in [-0.2, 0) is 22.6 Å². The Kier molecular flexibility index (Phi) is 7.31. The molecule has 0 aliphatic rings. The number of hydrogen-bond donors (Lipinski definition) is 2. The molecule has 9 heteroatoms. The fourth-order valence-corrected chi connectivity index (χ4v) is 4.02. The van der Waals surface area contributed by atoms with Crippen LogP contribution in [0.25, 0.3) is 22.4 Å². The number of aromatic nitrogens is 5. The predicted molar refractivity (Wildman–Crippen MR) is 132 cm³/mol. The SMILES string of the molecule is CCOCCCn1c(NC(=O)CCn2c(-c3cccc(C)c3)n[nH]c2=S)nc2ccccc21. The molecule has 8 nitrogen and oxygen atoms in total. The van der Waals surface area contributed by atoms with E-state index in [-0.39, 0.29) is 12.3 Å². The average Bonchev–Trinajstić information content (AvgIpc) is 3.35. The number of aromatic amines is 1. The predicted octanol–water partition coefficient (Wildman–Crippen LogP) is 4.72. The topological polar surface area (TPSA) is 89.8 Å². The first-order chi connectivity index (χ1) is 16.1. The summed E-state index contributed by atoms with van der Waals surface area (Å²) in [6.07, 6.45) is 1.08. The highest BCUT2D eigenvalue weighted by molar-refractivity contribution is 7.71. The van der Waals surface area contributed by atoms with Crippen molar-refractivity contribution in [3.8, 4) is 11.4 Å². The Labute approximate surface area is 197 Å². The maximum Gasteiger partial charge on any atom is 0.228 e. The van der Waals surface area contributed by atoms with E-state index in [0.717, 1.165) is 34.4 Å². The normalized spacial score (nSPS) is 11.2. The third kappa shape index (κ3) is 5.37. The molecule has 0 fully saturated rings. The zero-order chi connectivity index (χ0) is 23.2. The van der Waals surface area contributed by atoms with Crippen molar-refractivity contribution in [1.29, 1.82) is 0 Å². The van der Waals surface area contributed by atoms with Gasteiger partial charge in [-0.2, -0.15) is 5.10 Å². The number of para-hydroxylation sites is 2. The van der Waals surface area contributed by atoms with Gasteiger partial charge in [0.15, 0.2) is 10.6 Å². The first-order valence-electron chi connectivity index (χ1n) is 11.1. The van der Waals surface area contributed by atoms with Crippen LogP contribution in [0.1, 0.15) is 25.3 Å². The number of nitrogens with one attached hydrogen (secondary N) is 2. The summed E-state index contributed by atoms with van der Waals surface area (Å²) in [7, 11) is 0. The molecule has 2 heterocycles. The van der Waals surface area contributed by atoms with Gasteiger partial charge in [-0.15, -0.1) is 0 Å². The number of hydrogen-bond acceptors (Lipinski definition) is 5. The zero-order valence-corrected chi connectivity index (χ0v) is 19.7. The van der Waals surface area contributed by atoms with Gasteiger partial charge in [0.05, 0.1) is 11.0 Å². The van der Waals surface area contributed by atoms with E-state index in [9.17, 15) is 4.79 Å². The quantitative estimate of drug-likeness (QED) is 0.262. The summed E-state index contributed by atoms with van der Waals surface area (Å²) in [6.45, 7) is 6.49. The number of H-pyrrole nitrogens is 1. The lowest BCUT2D eigenvalue weighted by Gasteiger charge is -2.11. The summed E-state index contributed by atoms with van der Waals surface area (Å²) in [5.41, 5.74) is 3.93. The largest absolute Gasteiger partial charge is 0.382 e. The first kappa shape index (κ1) is 22.9. The zero-order valence-electron chi connectivity index (χ0n) is 18.9. The Morgan fingerprint density at radius 3 is 2.82 bits per heavy atom. The highest BCUT2D eigenvalue weighted by atomic mass is 32.1. The molecule has 0 atom stereocenters. The van der Waals surface area contributed by atoms with Gasteiger partial charge in [0.2, 0.25) is 11.9 Å². The van der Waals surface area contributed by atoms with Gasteiger partial charge in [0.25, 0.3) is 0 Å². The standard InChI is InChI=1S/C24H28N6O2S/c1-3-32-15-7-13-29-20-11-5-4-10-19(20)25-23(29)26-21(31)12-14-30-22(27-28-24(30)33)18-9-6-8-17(2)16-18/h4-6,8-11,16H,3,7,12-15H2,1-2H3,(H,28,33)(H,25,26,31). The van der Waals surface area contributed by atoms with E-state index >= 15 is 0 Å². The lowest BCUT2D eigenvalue weighted by atomic mass is 10.1. The molecule has 0 saturated heterocycles. The van der Waals surface area contributed by atoms with E-state index in [4.69, 9.17) is 17.0 Å². The Bertz CT molecular complexity index is 1310. The van der Waals surface area contributed by atoms with Crippen LogP contribution >= 0.6 is 12.2 Å². The van der Waals surface area contributed by atoms with E-state index < -0.39 is 0 Å². The number of nitrogens with zero attached hydrogens (tertiary/aromatic N) is 4. The van der Waals surface area contributed by atoms with Gasteiger partial charge in [-0.25, -0.2) is 4.98 Å². The molecule has 4 aromatic rings. The van der Waals surface area contributed by atoms with E-state index in [0.29, 0.717) is 37.0 Å². The molecular formula is C24H28N6O2S. The molecule has 4 rings (SSSR count). The summed E-state index contributed by atoms with van der Waals surface area (Å²) in [6, 6.07) is 15.9. The number of fused-ring (bicyclic) bond motifs is 1. The second-order valence-corrected chi connectivity index (χ2v) is 8.18. The fraction of sp³-hybridized carbons (Fsp3) is 0.333. The number of aryl methyl sites for hydroxylation is 2. The van der Waals surface area contributed by atoms with Crippen LogP contribution < -0.4 is 5.32 Å². The van der Waals surface area contributed by atoms with Crippen molar-refractivity contribution >= 4 is 35.1 Å². The number of amides is 1. The van der Waals surface area contributed by atoms with Crippen molar-refractivity contribution in [3.63, 3.8) is 0 Å². The summed E-state index contributed by atoms with van der Waals surface area (Å²) in [5.74, 6) is 1.14. The van der Waals surface area contributed by atoms with E-state index in [1.54, 1.807) is 0 Å². The Hall–Kier alpha value is -3.30. The van der Waals surface area contributed by atoms with Gasteiger partial charge in [0, 0.05) is 38.3 Å². The molecule has 33 heavy (non-hydrogen) atoms. The second-order valence-electron chi connectivity index (χ2n) is 7.80. The molecule has 0 aliphatic carbocycles.